The van der Waals surface area contributed by atoms with Crippen LogP contribution in [0, 0.1) is 0 Å². The van der Waals surface area contributed by atoms with E-state index in [1.165, 1.54) is 0 Å². The fourth-order valence-electron chi connectivity index (χ4n) is 1.96. The zero-order valence-electron chi connectivity index (χ0n) is 11.7. The molecule has 0 spiro atoms. The van der Waals surface area contributed by atoms with Gasteiger partial charge in [0.25, 0.3) is 0 Å². The fraction of sp³-hybridized carbons (Fsp3) is 0.500. The molecule has 0 amide bonds. The molecule has 0 aliphatic carbocycles. The number of halogens is 3. The summed E-state index contributed by atoms with van der Waals surface area (Å²) in [4.78, 5) is 4.28. The highest BCUT2D eigenvalue weighted by Gasteiger charge is 2.27. The number of nitrogens with zero attached hydrogens (tertiary/aromatic N) is 1. The van der Waals surface area contributed by atoms with Crippen molar-refractivity contribution in [2.24, 2.45) is 4.99 Å². The highest BCUT2D eigenvalue weighted by Crippen LogP contribution is 2.16. The van der Waals surface area contributed by atoms with Crippen molar-refractivity contribution in [1.29, 1.82) is 0 Å². The average molecular weight is 301 g/mol. The van der Waals surface area contributed by atoms with Gasteiger partial charge in [-0.2, -0.15) is 13.2 Å². The molecule has 1 aliphatic heterocycles. The van der Waals surface area contributed by atoms with Gasteiger partial charge >= 0.3 is 6.18 Å². The number of hydrogen-bond donors (Lipinski definition) is 2. The molecule has 1 aromatic rings. The maximum atomic E-state index is 12.0. The molecular weight excluding hydrogens is 283 g/mol. The number of guanidine groups is 1. The second-order valence-electron chi connectivity index (χ2n) is 5.02. The van der Waals surface area contributed by atoms with Gasteiger partial charge < -0.3 is 15.4 Å². The maximum absolute atomic E-state index is 12.0. The first-order chi connectivity index (χ1) is 9.92. The van der Waals surface area contributed by atoms with Gasteiger partial charge in [-0.3, -0.25) is 4.99 Å². The van der Waals surface area contributed by atoms with Crippen LogP contribution in [0.15, 0.2) is 29.3 Å². The first kappa shape index (κ1) is 15.6. The molecule has 116 valence electrons. The lowest BCUT2D eigenvalue weighted by Crippen LogP contribution is -2.37. The number of aliphatic imine (C=N–C) groups is 1. The molecule has 1 aromatic carbocycles. The Kier molecular flexibility index (Phi) is 5.06. The minimum atomic E-state index is -4.29. The second kappa shape index (κ2) is 6.80. The predicted octanol–water partition coefficient (Wildman–Crippen LogP) is 2.20. The second-order valence-corrected chi connectivity index (χ2v) is 5.02. The molecule has 0 radical (unpaired) electrons. The summed E-state index contributed by atoms with van der Waals surface area (Å²) in [6, 6.07) is 7.60. The Bertz CT molecular complexity index is 502. The lowest BCUT2D eigenvalue weighted by molar-refractivity contribution is -0.176. The molecule has 0 saturated carbocycles. The molecule has 2 rings (SSSR count). The van der Waals surface area contributed by atoms with Gasteiger partial charge in [-0.1, -0.05) is 24.3 Å². The monoisotopic (exact) mass is 301 g/mol. The Morgan fingerprint density at radius 2 is 2.14 bits per heavy atom. The molecule has 1 aliphatic rings. The molecule has 1 heterocycles. The highest BCUT2D eigenvalue weighted by molar-refractivity contribution is 5.81. The number of rotatable bonds is 5. The Labute approximate surface area is 121 Å². The van der Waals surface area contributed by atoms with Gasteiger partial charge in [-0.15, -0.1) is 0 Å². The Hall–Kier alpha value is -1.76. The molecule has 2 N–H and O–H groups in total. The van der Waals surface area contributed by atoms with Crippen LogP contribution in [0.25, 0.3) is 0 Å². The maximum Gasteiger partial charge on any atom is 0.411 e. The molecule has 1 atom stereocenters. The Balaban J connectivity index is 1.80. The summed E-state index contributed by atoms with van der Waals surface area (Å²) in [5.41, 5.74) is 1.68. The third-order valence-electron chi connectivity index (χ3n) is 2.89. The highest BCUT2D eigenvalue weighted by atomic mass is 19.4. The van der Waals surface area contributed by atoms with Gasteiger partial charge in [0.15, 0.2) is 5.96 Å². The zero-order chi connectivity index (χ0) is 15.3. The summed E-state index contributed by atoms with van der Waals surface area (Å²) in [6.07, 6.45) is -4.29. The molecule has 0 fully saturated rings. The third kappa shape index (κ3) is 5.63. The van der Waals surface area contributed by atoms with E-state index in [9.17, 15) is 13.2 Å². The van der Waals surface area contributed by atoms with Crippen molar-refractivity contribution in [3.05, 3.63) is 35.4 Å². The van der Waals surface area contributed by atoms with Gasteiger partial charge in [0.2, 0.25) is 0 Å². The number of hydrogen-bond acceptors (Lipinski definition) is 4. The van der Waals surface area contributed by atoms with Crippen LogP contribution in [0.5, 0.6) is 0 Å². The molecule has 0 aromatic heterocycles. The van der Waals surface area contributed by atoms with Crippen molar-refractivity contribution in [3.63, 3.8) is 0 Å². The summed E-state index contributed by atoms with van der Waals surface area (Å²) >= 11 is 0. The summed E-state index contributed by atoms with van der Waals surface area (Å²) in [7, 11) is 0. The van der Waals surface area contributed by atoms with E-state index in [1.54, 1.807) is 12.1 Å². The molecule has 4 nitrogen and oxygen atoms in total. The Morgan fingerprint density at radius 1 is 1.38 bits per heavy atom. The quantitative estimate of drug-likeness (QED) is 0.876. The van der Waals surface area contributed by atoms with Gasteiger partial charge in [0.1, 0.15) is 6.61 Å². The molecule has 0 saturated heterocycles. The van der Waals surface area contributed by atoms with Gasteiger partial charge in [0, 0.05) is 12.6 Å². The topological polar surface area (TPSA) is 45.7 Å². The van der Waals surface area contributed by atoms with Crippen LogP contribution < -0.4 is 10.6 Å². The number of ether oxygens (including phenoxy) is 1. The van der Waals surface area contributed by atoms with Gasteiger partial charge in [0.05, 0.1) is 13.2 Å². The van der Waals surface area contributed by atoms with Crippen LogP contribution >= 0.6 is 0 Å². The molecule has 7 heteroatoms. The molecule has 0 bridgehead atoms. The van der Waals surface area contributed by atoms with E-state index >= 15 is 0 Å². The van der Waals surface area contributed by atoms with Crippen LogP contribution in [0.3, 0.4) is 0 Å². The number of nitrogens with one attached hydrogen (secondary N) is 2. The normalized spacial score (nSPS) is 18.3. The van der Waals surface area contributed by atoms with Crippen LogP contribution in [0.2, 0.25) is 0 Å². The van der Waals surface area contributed by atoms with Crippen molar-refractivity contribution in [2.45, 2.75) is 32.3 Å². The first-order valence-corrected chi connectivity index (χ1v) is 6.69. The summed E-state index contributed by atoms with van der Waals surface area (Å²) < 4.78 is 40.7. The standard InChI is InChI=1S/C14H18F3N3O/c1-10-6-18-13(20-10)19-7-11-3-2-4-12(5-11)8-21-9-14(15,16)17/h2-5,10H,6-9H2,1H3,(H2,18,19,20). The van der Waals surface area contributed by atoms with E-state index in [0.717, 1.165) is 18.1 Å². The summed E-state index contributed by atoms with van der Waals surface area (Å²) in [5, 5.41) is 6.33. The lowest BCUT2D eigenvalue weighted by atomic mass is 10.1. The summed E-state index contributed by atoms with van der Waals surface area (Å²) in [5.74, 6) is 0.751. The average Bonchev–Trinajstić information content (AvgIpc) is 2.81. The zero-order valence-corrected chi connectivity index (χ0v) is 11.7. The van der Waals surface area contributed by atoms with Crippen molar-refractivity contribution in [1.82, 2.24) is 10.6 Å². The smallest absolute Gasteiger partial charge is 0.367 e. The minimum Gasteiger partial charge on any atom is -0.367 e. The van der Waals surface area contributed by atoms with E-state index in [0.29, 0.717) is 18.2 Å². The largest absolute Gasteiger partial charge is 0.411 e. The van der Waals surface area contributed by atoms with Gasteiger partial charge in [-0.05, 0) is 18.1 Å². The van der Waals surface area contributed by atoms with Crippen LogP contribution in [0.4, 0.5) is 13.2 Å². The molecule has 1 unspecified atom stereocenters. The fourth-order valence-corrected chi connectivity index (χ4v) is 1.96. The van der Waals surface area contributed by atoms with Gasteiger partial charge in [-0.25, -0.2) is 0 Å². The van der Waals surface area contributed by atoms with Crippen molar-refractivity contribution < 1.29 is 17.9 Å². The van der Waals surface area contributed by atoms with E-state index in [4.69, 9.17) is 0 Å². The van der Waals surface area contributed by atoms with Crippen LogP contribution in [-0.2, 0) is 17.9 Å². The molecule has 21 heavy (non-hydrogen) atoms. The van der Waals surface area contributed by atoms with E-state index in [1.807, 2.05) is 19.1 Å². The molecular formula is C14H18F3N3O. The SMILES string of the molecule is CC1CN=C(NCc2cccc(COCC(F)(F)F)c2)N1. The Morgan fingerprint density at radius 3 is 2.81 bits per heavy atom. The van der Waals surface area contributed by atoms with E-state index < -0.39 is 12.8 Å². The van der Waals surface area contributed by atoms with Crippen molar-refractivity contribution >= 4 is 5.96 Å². The number of alkyl halides is 3. The van der Waals surface area contributed by atoms with Crippen LogP contribution in [-0.4, -0.2) is 31.3 Å². The lowest BCUT2D eigenvalue weighted by Gasteiger charge is -2.11. The summed E-state index contributed by atoms with van der Waals surface area (Å²) in [6.45, 7) is 2.06. The first-order valence-electron chi connectivity index (χ1n) is 6.69. The van der Waals surface area contributed by atoms with Crippen LogP contribution in [0.1, 0.15) is 18.1 Å². The van der Waals surface area contributed by atoms with Crippen molar-refractivity contribution in [2.75, 3.05) is 13.2 Å². The van der Waals surface area contributed by atoms with E-state index in [2.05, 4.69) is 20.4 Å². The van der Waals surface area contributed by atoms with Crippen molar-refractivity contribution in [3.8, 4) is 0 Å². The minimum absolute atomic E-state index is 0.0520. The third-order valence-corrected chi connectivity index (χ3v) is 2.89. The predicted molar refractivity (Wildman–Crippen MR) is 73.9 cm³/mol. The van der Waals surface area contributed by atoms with E-state index in [-0.39, 0.29) is 6.61 Å². The number of benzene rings is 1.